The second-order valence-electron chi connectivity index (χ2n) is 5.73. The Morgan fingerprint density at radius 2 is 2.22 bits per heavy atom. The molecule has 1 N–H and O–H groups in total. The van der Waals surface area contributed by atoms with Crippen molar-refractivity contribution in [2.45, 2.75) is 39.5 Å². The third kappa shape index (κ3) is 7.34. The van der Waals surface area contributed by atoms with Gasteiger partial charge in [-0.25, -0.2) is 9.37 Å². The molecule has 0 radical (unpaired) electrons. The van der Waals surface area contributed by atoms with Gasteiger partial charge in [0.2, 0.25) is 5.13 Å². The molecule has 146 valence electrons. The first-order chi connectivity index (χ1) is 13.1. The van der Waals surface area contributed by atoms with E-state index in [1.807, 2.05) is 0 Å². The summed E-state index contributed by atoms with van der Waals surface area (Å²) in [5, 5.41) is 6.39. The van der Waals surface area contributed by atoms with E-state index in [1.54, 1.807) is 18.4 Å². The lowest BCUT2D eigenvalue weighted by Gasteiger charge is -2.08. The van der Waals surface area contributed by atoms with Gasteiger partial charge < -0.3 is 9.47 Å². The largest absolute Gasteiger partial charge is 0.493 e. The standard InChI is InChI=1S/C19H24FN3O3S/c1-3-5-6-9-26-17-8-7-15(20)10-14(17)12-21-23-19-22-16(13-27-19)11-18(24)25-4-2/h7-8,10,12-13H,3-6,9,11H2,1-2H3,(H,22,23). The number of unbranched alkanes of at least 4 members (excludes halogenated alkanes) is 2. The number of esters is 1. The lowest BCUT2D eigenvalue weighted by atomic mass is 10.2. The molecule has 2 rings (SSSR count). The minimum atomic E-state index is -0.358. The van der Waals surface area contributed by atoms with Crippen molar-refractivity contribution < 1.29 is 18.7 Å². The van der Waals surface area contributed by atoms with Crippen molar-refractivity contribution >= 4 is 28.7 Å². The quantitative estimate of drug-likeness (QED) is 0.265. The summed E-state index contributed by atoms with van der Waals surface area (Å²) in [7, 11) is 0. The molecule has 0 aliphatic rings. The highest BCUT2D eigenvalue weighted by molar-refractivity contribution is 7.13. The first-order valence-corrected chi connectivity index (χ1v) is 9.81. The fraction of sp³-hybridized carbons (Fsp3) is 0.421. The average Bonchev–Trinajstić information content (AvgIpc) is 3.07. The molecule has 0 saturated heterocycles. The Balaban J connectivity index is 1.94. The number of aromatic nitrogens is 1. The van der Waals surface area contributed by atoms with Crippen LogP contribution in [0.1, 0.15) is 44.4 Å². The molecule has 0 bridgehead atoms. The minimum Gasteiger partial charge on any atom is -0.493 e. The molecular weight excluding hydrogens is 369 g/mol. The van der Waals surface area contributed by atoms with Gasteiger partial charge in [0, 0.05) is 10.9 Å². The number of benzene rings is 1. The third-order valence-electron chi connectivity index (χ3n) is 3.52. The molecule has 1 aromatic heterocycles. The highest BCUT2D eigenvalue weighted by Gasteiger charge is 2.08. The highest BCUT2D eigenvalue weighted by Crippen LogP contribution is 2.19. The van der Waals surface area contributed by atoms with E-state index in [2.05, 4.69) is 22.4 Å². The Hall–Kier alpha value is -2.48. The molecule has 1 heterocycles. The first kappa shape index (κ1) is 20.8. The van der Waals surface area contributed by atoms with Gasteiger partial charge in [0.1, 0.15) is 11.6 Å². The van der Waals surface area contributed by atoms with Crippen LogP contribution in [-0.4, -0.2) is 30.4 Å². The first-order valence-electron chi connectivity index (χ1n) is 8.93. The van der Waals surface area contributed by atoms with Crippen molar-refractivity contribution in [3.05, 3.63) is 40.7 Å². The molecule has 6 nitrogen and oxygen atoms in total. The lowest BCUT2D eigenvalue weighted by Crippen LogP contribution is -2.07. The second kappa shape index (κ2) is 11.3. The minimum absolute atomic E-state index is 0.120. The maximum atomic E-state index is 13.5. The Kier molecular flexibility index (Phi) is 8.70. The van der Waals surface area contributed by atoms with Gasteiger partial charge in [0.05, 0.1) is 31.5 Å². The van der Waals surface area contributed by atoms with Crippen molar-refractivity contribution in [1.29, 1.82) is 0 Å². The summed E-state index contributed by atoms with van der Waals surface area (Å²) >= 11 is 1.32. The summed E-state index contributed by atoms with van der Waals surface area (Å²) in [5.74, 6) is -0.0917. The Labute approximate surface area is 162 Å². The van der Waals surface area contributed by atoms with Crippen LogP contribution in [0, 0.1) is 5.82 Å². The van der Waals surface area contributed by atoms with E-state index >= 15 is 0 Å². The van der Waals surface area contributed by atoms with Gasteiger partial charge in [-0.05, 0) is 31.5 Å². The Morgan fingerprint density at radius 1 is 1.37 bits per heavy atom. The molecule has 0 fully saturated rings. The van der Waals surface area contributed by atoms with Crippen molar-refractivity contribution in [3.8, 4) is 5.75 Å². The van der Waals surface area contributed by atoms with E-state index in [-0.39, 0.29) is 18.2 Å². The van der Waals surface area contributed by atoms with Crippen LogP contribution in [0.3, 0.4) is 0 Å². The fourth-order valence-corrected chi connectivity index (χ4v) is 2.90. The van der Waals surface area contributed by atoms with Crippen LogP contribution in [-0.2, 0) is 16.0 Å². The number of thiazole rings is 1. The molecule has 0 amide bonds. The molecule has 1 aromatic carbocycles. The number of carbonyl (C=O) groups is 1. The summed E-state index contributed by atoms with van der Waals surface area (Å²) < 4.78 is 24.1. The normalized spacial score (nSPS) is 10.9. The molecule has 27 heavy (non-hydrogen) atoms. The highest BCUT2D eigenvalue weighted by atomic mass is 32.1. The molecule has 0 atom stereocenters. The smallest absolute Gasteiger partial charge is 0.311 e. The topological polar surface area (TPSA) is 72.8 Å². The fourth-order valence-electron chi connectivity index (χ4n) is 2.24. The van der Waals surface area contributed by atoms with Crippen LogP contribution in [0.25, 0.3) is 0 Å². The van der Waals surface area contributed by atoms with Crippen molar-refractivity contribution in [2.75, 3.05) is 18.6 Å². The van der Waals surface area contributed by atoms with E-state index in [4.69, 9.17) is 9.47 Å². The molecule has 0 saturated carbocycles. The predicted molar refractivity (Wildman–Crippen MR) is 105 cm³/mol. The predicted octanol–water partition coefficient (Wildman–Crippen LogP) is 4.40. The van der Waals surface area contributed by atoms with Gasteiger partial charge in [0.25, 0.3) is 0 Å². The van der Waals surface area contributed by atoms with E-state index in [9.17, 15) is 9.18 Å². The molecule has 0 aliphatic carbocycles. The maximum Gasteiger partial charge on any atom is 0.311 e. The molecular formula is C19H24FN3O3S. The van der Waals surface area contributed by atoms with Crippen LogP contribution in [0.15, 0.2) is 28.7 Å². The van der Waals surface area contributed by atoms with Gasteiger partial charge in [-0.1, -0.05) is 19.8 Å². The van der Waals surface area contributed by atoms with Gasteiger partial charge in [-0.2, -0.15) is 5.10 Å². The Bertz CT molecular complexity index is 764. The van der Waals surface area contributed by atoms with E-state index in [1.165, 1.54) is 29.7 Å². The monoisotopic (exact) mass is 393 g/mol. The third-order valence-corrected chi connectivity index (χ3v) is 4.32. The van der Waals surface area contributed by atoms with Gasteiger partial charge in [-0.15, -0.1) is 11.3 Å². The van der Waals surface area contributed by atoms with Crippen LogP contribution in [0.2, 0.25) is 0 Å². The molecule has 0 unspecified atom stereocenters. The molecule has 8 heteroatoms. The number of carbonyl (C=O) groups excluding carboxylic acids is 1. The number of nitrogens with zero attached hydrogens (tertiary/aromatic N) is 2. The van der Waals surface area contributed by atoms with E-state index in [0.717, 1.165) is 19.3 Å². The van der Waals surface area contributed by atoms with Gasteiger partial charge in [0.15, 0.2) is 0 Å². The number of rotatable bonds is 11. The second-order valence-corrected chi connectivity index (χ2v) is 6.59. The van der Waals surface area contributed by atoms with Gasteiger partial charge in [-0.3, -0.25) is 10.2 Å². The van der Waals surface area contributed by atoms with Crippen LogP contribution < -0.4 is 10.2 Å². The summed E-state index contributed by atoms with van der Waals surface area (Å²) in [5.41, 5.74) is 3.95. The summed E-state index contributed by atoms with van der Waals surface area (Å²) in [4.78, 5) is 15.7. The van der Waals surface area contributed by atoms with Crippen LogP contribution in [0.5, 0.6) is 5.75 Å². The SMILES string of the molecule is CCCCCOc1ccc(F)cc1C=NNc1nc(CC(=O)OCC)cs1. The van der Waals surface area contributed by atoms with E-state index < -0.39 is 0 Å². The summed E-state index contributed by atoms with van der Waals surface area (Å²) in [6, 6.07) is 4.33. The zero-order valence-corrected chi connectivity index (χ0v) is 16.4. The lowest BCUT2D eigenvalue weighted by molar-refractivity contribution is -0.142. The van der Waals surface area contributed by atoms with E-state index in [0.29, 0.717) is 35.4 Å². The van der Waals surface area contributed by atoms with Crippen molar-refractivity contribution in [3.63, 3.8) is 0 Å². The summed E-state index contributed by atoms with van der Waals surface area (Å²) in [6.07, 6.45) is 4.76. The zero-order valence-electron chi connectivity index (χ0n) is 15.5. The summed E-state index contributed by atoms with van der Waals surface area (Å²) in [6.45, 7) is 4.81. The number of hydrogen-bond donors (Lipinski definition) is 1. The average molecular weight is 393 g/mol. The van der Waals surface area contributed by atoms with Crippen molar-refractivity contribution in [2.24, 2.45) is 5.10 Å². The Morgan fingerprint density at radius 3 is 3.00 bits per heavy atom. The number of anilines is 1. The molecule has 0 spiro atoms. The van der Waals surface area contributed by atoms with Crippen LogP contribution >= 0.6 is 11.3 Å². The van der Waals surface area contributed by atoms with Crippen LogP contribution in [0.4, 0.5) is 9.52 Å². The number of halogens is 1. The number of hydrazone groups is 1. The number of hydrogen-bond acceptors (Lipinski definition) is 7. The zero-order chi connectivity index (χ0) is 19.5. The molecule has 2 aromatic rings. The number of nitrogens with one attached hydrogen (secondary N) is 1. The van der Waals surface area contributed by atoms with Crippen molar-refractivity contribution in [1.82, 2.24) is 4.98 Å². The maximum absolute atomic E-state index is 13.5. The molecule has 0 aliphatic heterocycles. The number of ether oxygens (including phenoxy) is 2. The van der Waals surface area contributed by atoms with Gasteiger partial charge >= 0.3 is 5.97 Å².